The second kappa shape index (κ2) is 7.13. The van der Waals surface area contributed by atoms with E-state index in [1.54, 1.807) is 17.4 Å². The van der Waals surface area contributed by atoms with Gasteiger partial charge in [0, 0.05) is 11.8 Å². The summed E-state index contributed by atoms with van der Waals surface area (Å²) >= 11 is 1.59. The highest BCUT2D eigenvalue weighted by atomic mass is 32.1. The van der Waals surface area contributed by atoms with E-state index in [9.17, 15) is 9.18 Å². The molecule has 0 fully saturated rings. The van der Waals surface area contributed by atoms with E-state index in [0.29, 0.717) is 5.56 Å². The molecule has 3 nitrogen and oxygen atoms in total. The van der Waals surface area contributed by atoms with Gasteiger partial charge in [-0.05, 0) is 34.9 Å². The van der Waals surface area contributed by atoms with Crippen LogP contribution >= 0.6 is 11.3 Å². The molecule has 0 saturated carbocycles. The molecular formula is C22H14FNO2S. The van der Waals surface area contributed by atoms with Crippen molar-refractivity contribution >= 4 is 17.3 Å². The Balaban J connectivity index is 1.71. The Labute approximate surface area is 159 Å². The van der Waals surface area contributed by atoms with E-state index in [2.05, 4.69) is 4.98 Å². The summed E-state index contributed by atoms with van der Waals surface area (Å²) in [6.07, 6.45) is 1.83. The molecule has 0 unspecified atom stereocenters. The van der Waals surface area contributed by atoms with E-state index in [4.69, 9.17) is 5.11 Å². The van der Waals surface area contributed by atoms with Crippen LogP contribution < -0.4 is 0 Å². The van der Waals surface area contributed by atoms with Gasteiger partial charge >= 0.3 is 5.97 Å². The summed E-state index contributed by atoms with van der Waals surface area (Å²) in [6.45, 7) is 0. The van der Waals surface area contributed by atoms with Crippen molar-refractivity contribution in [2.75, 3.05) is 0 Å². The highest BCUT2D eigenvalue weighted by Gasteiger charge is 2.12. The zero-order valence-corrected chi connectivity index (χ0v) is 14.9. The van der Waals surface area contributed by atoms with Crippen LogP contribution in [0.3, 0.4) is 0 Å². The molecule has 5 heteroatoms. The van der Waals surface area contributed by atoms with Gasteiger partial charge < -0.3 is 5.11 Å². The average Bonchev–Trinajstić information content (AvgIpc) is 3.19. The number of nitrogens with zero attached hydrogens (tertiary/aromatic N) is 1. The van der Waals surface area contributed by atoms with Gasteiger partial charge in [-0.1, -0.05) is 54.6 Å². The number of rotatable bonds is 4. The first kappa shape index (κ1) is 17.1. The number of hydrogen-bond donors (Lipinski definition) is 1. The van der Waals surface area contributed by atoms with Gasteiger partial charge in [0.2, 0.25) is 0 Å². The Morgan fingerprint density at radius 1 is 0.852 bits per heavy atom. The number of aromatic nitrogens is 1. The van der Waals surface area contributed by atoms with Crippen molar-refractivity contribution in [3.63, 3.8) is 0 Å². The minimum absolute atomic E-state index is 0.331. The minimum atomic E-state index is -1.28. The molecule has 1 aromatic heterocycles. The van der Waals surface area contributed by atoms with E-state index in [-0.39, 0.29) is 5.56 Å². The molecule has 0 radical (unpaired) electrons. The van der Waals surface area contributed by atoms with Crippen molar-refractivity contribution in [1.82, 2.24) is 4.98 Å². The number of thiazole rings is 1. The highest BCUT2D eigenvalue weighted by Crippen LogP contribution is 2.34. The third-order valence-corrected chi connectivity index (χ3v) is 5.30. The first-order valence-electron chi connectivity index (χ1n) is 8.27. The van der Waals surface area contributed by atoms with E-state index in [1.165, 1.54) is 12.1 Å². The van der Waals surface area contributed by atoms with E-state index in [1.807, 2.05) is 60.8 Å². The molecule has 27 heavy (non-hydrogen) atoms. The summed E-state index contributed by atoms with van der Waals surface area (Å²) in [5, 5.41) is 10.1. The monoisotopic (exact) mass is 375 g/mol. The van der Waals surface area contributed by atoms with Crippen LogP contribution in [0.5, 0.6) is 0 Å². The lowest BCUT2D eigenvalue weighted by atomic mass is 10.0. The number of aromatic carboxylic acids is 1. The summed E-state index contributed by atoms with van der Waals surface area (Å²) in [5.41, 5.74) is 3.19. The average molecular weight is 375 g/mol. The van der Waals surface area contributed by atoms with Gasteiger partial charge in [0.25, 0.3) is 0 Å². The van der Waals surface area contributed by atoms with Crippen molar-refractivity contribution in [2.24, 2.45) is 0 Å². The highest BCUT2D eigenvalue weighted by molar-refractivity contribution is 7.18. The fraction of sp³-hybridized carbons (Fsp3) is 0. The van der Waals surface area contributed by atoms with Crippen molar-refractivity contribution in [3.8, 4) is 32.1 Å². The first-order chi connectivity index (χ1) is 13.1. The normalized spacial score (nSPS) is 10.7. The standard InChI is InChI=1S/C22H14FNO2S/c23-19-10-9-16(12-18(19)22(25)26)15-7-4-8-17(11-15)20-13-24-21(27-20)14-5-2-1-3-6-14/h1-13H,(H,25,26). The Morgan fingerprint density at radius 3 is 2.33 bits per heavy atom. The van der Waals surface area contributed by atoms with E-state index in [0.717, 1.165) is 26.6 Å². The molecule has 3 aromatic carbocycles. The van der Waals surface area contributed by atoms with Crippen LogP contribution in [-0.2, 0) is 0 Å². The topological polar surface area (TPSA) is 50.2 Å². The quantitative estimate of drug-likeness (QED) is 0.477. The lowest BCUT2D eigenvalue weighted by Crippen LogP contribution is -2.00. The lowest BCUT2D eigenvalue weighted by molar-refractivity contribution is 0.0692. The fourth-order valence-corrected chi connectivity index (χ4v) is 3.76. The Hall–Kier alpha value is -3.31. The molecule has 4 aromatic rings. The number of carboxylic acids is 1. The van der Waals surface area contributed by atoms with Crippen LogP contribution in [0, 0.1) is 5.82 Å². The lowest BCUT2D eigenvalue weighted by Gasteiger charge is -2.06. The second-order valence-electron chi connectivity index (χ2n) is 5.98. The summed E-state index contributed by atoms with van der Waals surface area (Å²) < 4.78 is 13.7. The zero-order valence-electron chi connectivity index (χ0n) is 14.1. The van der Waals surface area contributed by atoms with Crippen LogP contribution in [0.15, 0.2) is 79.0 Å². The van der Waals surface area contributed by atoms with Gasteiger partial charge in [-0.15, -0.1) is 11.3 Å². The summed E-state index contributed by atoms with van der Waals surface area (Å²) in [6, 6.07) is 21.8. The molecule has 0 aliphatic carbocycles. The van der Waals surface area contributed by atoms with Crippen molar-refractivity contribution in [2.45, 2.75) is 0 Å². The van der Waals surface area contributed by atoms with Gasteiger partial charge in [-0.3, -0.25) is 0 Å². The number of benzene rings is 3. The maximum Gasteiger partial charge on any atom is 0.338 e. The van der Waals surface area contributed by atoms with Crippen molar-refractivity contribution in [1.29, 1.82) is 0 Å². The molecule has 4 rings (SSSR count). The molecule has 1 N–H and O–H groups in total. The SMILES string of the molecule is O=C(O)c1cc(-c2cccc(-c3cnc(-c4ccccc4)s3)c2)ccc1F. The van der Waals surface area contributed by atoms with Crippen LogP contribution in [0.4, 0.5) is 4.39 Å². The molecule has 0 amide bonds. The zero-order chi connectivity index (χ0) is 18.8. The molecule has 0 aliphatic heterocycles. The third kappa shape index (κ3) is 3.50. The third-order valence-electron chi connectivity index (χ3n) is 4.20. The molecular weight excluding hydrogens is 361 g/mol. The maximum absolute atomic E-state index is 13.7. The minimum Gasteiger partial charge on any atom is -0.478 e. The van der Waals surface area contributed by atoms with Crippen molar-refractivity contribution < 1.29 is 14.3 Å². The first-order valence-corrected chi connectivity index (χ1v) is 9.08. The summed E-state index contributed by atoms with van der Waals surface area (Å²) in [7, 11) is 0. The largest absolute Gasteiger partial charge is 0.478 e. The second-order valence-corrected chi connectivity index (χ2v) is 7.01. The van der Waals surface area contributed by atoms with Crippen LogP contribution in [-0.4, -0.2) is 16.1 Å². The molecule has 0 bridgehead atoms. The molecule has 1 heterocycles. The van der Waals surface area contributed by atoms with Crippen LogP contribution in [0.2, 0.25) is 0 Å². The predicted octanol–water partition coefficient (Wildman–Crippen LogP) is 5.98. The van der Waals surface area contributed by atoms with Gasteiger partial charge in [-0.2, -0.15) is 0 Å². The molecule has 0 atom stereocenters. The number of carboxylic acid groups (broad SMARTS) is 1. The van der Waals surface area contributed by atoms with Gasteiger partial charge in [-0.25, -0.2) is 14.2 Å². The van der Waals surface area contributed by atoms with E-state index >= 15 is 0 Å². The van der Waals surface area contributed by atoms with Crippen LogP contribution in [0.25, 0.3) is 32.1 Å². The van der Waals surface area contributed by atoms with Gasteiger partial charge in [0.15, 0.2) is 0 Å². The molecule has 132 valence electrons. The number of halogens is 1. The smallest absolute Gasteiger partial charge is 0.338 e. The Bertz CT molecular complexity index is 1120. The van der Waals surface area contributed by atoms with Crippen LogP contribution in [0.1, 0.15) is 10.4 Å². The summed E-state index contributed by atoms with van der Waals surface area (Å²) in [5.74, 6) is -2.02. The van der Waals surface area contributed by atoms with Gasteiger partial charge in [0.05, 0.1) is 10.4 Å². The Kier molecular flexibility index (Phi) is 4.52. The van der Waals surface area contributed by atoms with E-state index < -0.39 is 11.8 Å². The Morgan fingerprint density at radius 2 is 1.56 bits per heavy atom. The van der Waals surface area contributed by atoms with Crippen molar-refractivity contribution in [3.05, 3.63) is 90.4 Å². The fourth-order valence-electron chi connectivity index (χ4n) is 2.84. The summed E-state index contributed by atoms with van der Waals surface area (Å²) in [4.78, 5) is 16.7. The number of carbonyl (C=O) groups is 1. The number of hydrogen-bond acceptors (Lipinski definition) is 3. The molecule has 0 aliphatic rings. The maximum atomic E-state index is 13.7. The van der Waals surface area contributed by atoms with Gasteiger partial charge in [0.1, 0.15) is 10.8 Å². The predicted molar refractivity (Wildman–Crippen MR) is 105 cm³/mol. The molecule has 0 spiro atoms. The molecule has 0 saturated heterocycles.